The van der Waals surface area contributed by atoms with Crippen LogP contribution in [0.2, 0.25) is 0 Å². The third kappa shape index (κ3) is 3.78. The third-order valence-corrected chi connectivity index (χ3v) is 8.76. The maximum atomic E-state index is 13.1. The fourth-order valence-electron chi connectivity index (χ4n) is 3.69. The second-order valence-corrected chi connectivity index (χ2v) is 10.8. The fourth-order valence-corrected chi connectivity index (χ4v) is 6.53. The molecule has 0 aliphatic carbocycles. The highest BCUT2D eigenvalue weighted by atomic mass is 32.2. The molecule has 164 valence electrons. The molecule has 0 bridgehead atoms. The molecule has 0 amide bonds. The lowest BCUT2D eigenvalue weighted by atomic mass is 10.2. The van der Waals surface area contributed by atoms with Crippen LogP contribution in [0.15, 0.2) is 15.1 Å². The van der Waals surface area contributed by atoms with Gasteiger partial charge in [0.2, 0.25) is 0 Å². The van der Waals surface area contributed by atoms with Gasteiger partial charge in [-0.2, -0.15) is 14.7 Å². The average Bonchev–Trinajstić information content (AvgIpc) is 3.31. The van der Waals surface area contributed by atoms with E-state index >= 15 is 0 Å². The van der Waals surface area contributed by atoms with E-state index in [4.69, 9.17) is 0 Å². The number of aryl methyl sites for hydroxylation is 2. The van der Waals surface area contributed by atoms with Crippen LogP contribution in [0.25, 0.3) is 22.4 Å². The van der Waals surface area contributed by atoms with E-state index < -0.39 is 10.0 Å². The zero-order valence-electron chi connectivity index (χ0n) is 17.5. The first-order valence-corrected chi connectivity index (χ1v) is 12.2. The smallest absolute Gasteiger partial charge is 0.277 e. The second kappa shape index (κ2) is 8.16. The Morgan fingerprint density at radius 2 is 1.97 bits per heavy atom. The summed E-state index contributed by atoms with van der Waals surface area (Å²) in [5, 5.41) is 14.0. The van der Waals surface area contributed by atoms with Crippen molar-refractivity contribution in [3.8, 4) is 17.5 Å². The molecule has 4 heterocycles. The number of hydrogen-bond donors (Lipinski definition) is 1. The van der Waals surface area contributed by atoms with Gasteiger partial charge in [-0.3, -0.25) is 9.48 Å². The van der Waals surface area contributed by atoms with E-state index in [1.54, 1.807) is 7.05 Å². The molecule has 0 saturated carbocycles. The monoisotopic (exact) mass is 461 g/mol. The molecule has 1 aliphatic heterocycles. The van der Waals surface area contributed by atoms with Crippen molar-refractivity contribution >= 4 is 32.4 Å². The molecule has 4 rings (SSSR count). The van der Waals surface area contributed by atoms with Gasteiger partial charge in [-0.05, 0) is 19.5 Å². The number of nitrogens with zero attached hydrogens (tertiary/aromatic N) is 6. The van der Waals surface area contributed by atoms with Gasteiger partial charge in [0.25, 0.3) is 15.6 Å². The number of piperazine rings is 1. The SMILES string of the molecule is CCCc1nn(C)c2c(=O)[nH]c(-c3cc(S(=O)(=O)N4CCN(C)CC4)sc3C#N)nc12. The number of likely N-dealkylation sites (N-methyl/N-ethyl adjacent to an activating group) is 1. The Hall–Kier alpha value is -2.59. The summed E-state index contributed by atoms with van der Waals surface area (Å²) in [6, 6.07) is 3.49. The van der Waals surface area contributed by atoms with Gasteiger partial charge < -0.3 is 9.88 Å². The molecule has 0 unspecified atom stereocenters. The summed E-state index contributed by atoms with van der Waals surface area (Å²) in [6.45, 7) is 4.09. The van der Waals surface area contributed by atoms with Crippen molar-refractivity contribution in [2.75, 3.05) is 33.2 Å². The minimum Gasteiger partial charge on any atom is -0.305 e. The molecule has 0 spiro atoms. The van der Waals surface area contributed by atoms with Gasteiger partial charge >= 0.3 is 0 Å². The number of fused-ring (bicyclic) bond motifs is 1. The third-order valence-electron chi connectivity index (χ3n) is 5.37. The molecule has 3 aromatic rings. The number of rotatable bonds is 5. The van der Waals surface area contributed by atoms with Crippen molar-refractivity contribution in [2.24, 2.45) is 7.05 Å². The van der Waals surface area contributed by atoms with Gasteiger partial charge in [0.1, 0.15) is 26.5 Å². The Bertz CT molecular complexity index is 1340. The molecule has 3 aromatic heterocycles. The molecule has 12 heteroatoms. The van der Waals surface area contributed by atoms with Gasteiger partial charge in [-0.25, -0.2) is 13.4 Å². The van der Waals surface area contributed by atoms with Crippen LogP contribution >= 0.6 is 11.3 Å². The Morgan fingerprint density at radius 1 is 1.26 bits per heavy atom. The number of aromatic nitrogens is 4. The number of thiophene rings is 1. The molecule has 1 N–H and O–H groups in total. The largest absolute Gasteiger partial charge is 0.305 e. The van der Waals surface area contributed by atoms with E-state index in [-0.39, 0.29) is 20.5 Å². The number of nitriles is 1. The summed E-state index contributed by atoms with van der Waals surface area (Å²) < 4.78 is 29.3. The van der Waals surface area contributed by atoms with Gasteiger partial charge in [0, 0.05) is 38.8 Å². The van der Waals surface area contributed by atoms with Crippen molar-refractivity contribution in [1.29, 1.82) is 5.26 Å². The Labute approximate surface area is 183 Å². The Kier molecular flexibility index (Phi) is 5.69. The minimum atomic E-state index is -3.73. The van der Waals surface area contributed by atoms with E-state index in [9.17, 15) is 18.5 Å². The first-order chi connectivity index (χ1) is 14.8. The second-order valence-electron chi connectivity index (χ2n) is 7.56. The minimum absolute atomic E-state index is 0.0753. The molecule has 0 atom stereocenters. The fraction of sp³-hybridized carbons (Fsp3) is 0.474. The average molecular weight is 462 g/mol. The molecule has 31 heavy (non-hydrogen) atoms. The summed E-state index contributed by atoms with van der Waals surface area (Å²) in [5.41, 5.74) is 1.46. The van der Waals surface area contributed by atoms with Crippen molar-refractivity contribution in [2.45, 2.75) is 24.0 Å². The highest BCUT2D eigenvalue weighted by molar-refractivity contribution is 7.91. The lowest BCUT2D eigenvalue weighted by molar-refractivity contribution is 0.222. The van der Waals surface area contributed by atoms with E-state index in [0.29, 0.717) is 54.9 Å². The topological polar surface area (TPSA) is 128 Å². The van der Waals surface area contributed by atoms with Crippen molar-refractivity contribution in [3.63, 3.8) is 0 Å². The number of hydrogen-bond acceptors (Lipinski definition) is 8. The van der Waals surface area contributed by atoms with Gasteiger partial charge in [-0.1, -0.05) is 13.3 Å². The van der Waals surface area contributed by atoms with E-state index in [2.05, 4.69) is 26.0 Å². The molecule has 1 saturated heterocycles. The van der Waals surface area contributed by atoms with Gasteiger partial charge in [0.05, 0.1) is 5.69 Å². The number of sulfonamides is 1. The van der Waals surface area contributed by atoms with Crippen LogP contribution < -0.4 is 5.56 Å². The predicted octanol–water partition coefficient (Wildman–Crippen LogP) is 1.15. The summed E-state index contributed by atoms with van der Waals surface area (Å²) in [5.74, 6) is 0.176. The van der Waals surface area contributed by atoms with Crippen LogP contribution in [0.1, 0.15) is 23.9 Å². The molecule has 1 aliphatic rings. The van der Waals surface area contributed by atoms with E-state index in [1.807, 2.05) is 14.0 Å². The van der Waals surface area contributed by atoms with Crippen molar-refractivity contribution in [3.05, 3.63) is 27.0 Å². The molecule has 0 radical (unpaired) electrons. The summed E-state index contributed by atoms with van der Waals surface area (Å²) in [6.07, 6.45) is 1.50. The standard InChI is InChI=1S/C19H23N7O3S2/c1-4-5-13-16-17(25(3)23-13)19(27)22-18(21-16)12-10-15(30-14(12)11-20)31(28,29)26-8-6-24(2)7-9-26/h10H,4-9H2,1-3H3,(H,21,22,27). The Balaban J connectivity index is 1.82. The van der Waals surface area contributed by atoms with Crippen LogP contribution in [-0.2, 0) is 23.5 Å². The van der Waals surface area contributed by atoms with Gasteiger partial charge in [-0.15, -0.1) is 11.3 Å². The van der Waals surface area contributed by atoms with E-state index in [1.165, 1.54) is 15.1 Å². The number of H-pyrrole nitrogens is 1. The summed E-state index contributed by atoms with van der Waals surface area (Å²) in [7, 11) is -0.0993. The highest BCUT2D eigenvalue weighted by Crippen LogP contribution is 2.34. The summed E-state index contributed by atoms with van der Waals surface area (Å²) >= 11 is 0.899. The van der Waals surface area contributed by atoms with Crippen LogP contribution in [-0.4, -0.2) is 70.6 Å². The maximum Gasteiger partial charge on any atom is 0.277 e. The quantitative estimate of drug-likeness (QED) is 0.603. The molecule has 0 aromatic carbocycles. The van der Waals surface area contributed by atoms with Gasteiger partial charge in [0.15, 0.2) is 5.52 Å². The van der Waals surface area contributed by atoms with Crippen molar-refractivity contribution < 1.29 is 8.42 Å². The highest BCUT2D eigenvalue weighted by Gasteiger charge is 2.31. The van der Waals surface area contributed by atoms with Crippen LogP contribution in [0.4, 0.5) is 0 Å². The zero-order valence-corrected chi connectivity index (χ0v) is 19.2. The first kappa shape index (κ1) is 21.6. The maximum absolute atomic E-state index is 13.1. The molecular weight excluding hydrogens is 438 g/mol. The van der Waals surface area contributed by atoms with Crippen LogP contribution in [0.5, 0.6) is 0 Å². The lowest BCUT2D eigenvalue weighted by Crippen LogP contribution is -2.46. The number of nitrogens with one attached hydrogen (secondary N) is 1. The normalized spacial score (nSPS) is 16.1. The first-order valence-electron chi connectivity index (χ1n) is 9.95. The molecular formula is C19H23N7O3S2. The van der Waals surface area contributed by atoms with Crippen molar-refractivity contribution in [1.82, 2.24) is 29.0 Å². The Morgan fingerprint density at radius 3 is 2.61 bits per heavy atom. The van der Waals surface area contributed by atoms with Crippen LogP contribution in [0, 0.1) is 11.3 Å². The molecule has 10 nitrogen and oxygen atoms in total. The predicted molar refractivity (Wildman–Crippen MR) is 117 cm³/mol. The van der Waals surface area contributed by atoms with Crippen LogP contribution in [0.3, 0.4) is 0 Å². The number of aromatic amines is 1. The lowest BCUT2D eigenvalue weighted by Gasteiger charge is -2.31. The molecule has 1 fully saturated rings. The summed E-state index contributed by atoms with van der Waals surface area (Å²) in [4.78, 5) is 22.3. The van der Waals surface area contributed by atoms with E-state index in [0.717, 1.165) is 17.8 Å². The zero-order chi connectivity index (χ0) is 22.3.